The van der Waals surface area contributed by atoms with E-state index >= 15 is 0 Å². The van der Waals surface area contributed by atoms with Gasteiger partial charge < -0.3 is 5.73 Å². The molecule has 90 valence electrons. The quantitative estimate of drug-likeness (QED) is 0.881. The minimum Gasteiger partial charge on any atom is -0.319 e. The van der Waals surface area contributed by atoms with Crippen LogP contribution in [-0.4, -0.2) is 4.98 Å². The Morgan fingerprint density at radius 2 is 1.82 bits per heavy atom. The van der Waals surface area contributed by atoms with E-state index in [0.29, 0.717) is 0 Å². The van der Waals surface area contributed by atoms with Crippen LogP contribution in [0.15, 0.2) is 35.2 Å². The van der Waals surface area contributed by atoms with Crippen LogP contribution in [0.5, 0.6) is 0 Å². The maximum absolute atomic E-state index is 6.16. The van der Waals surface area contributed by atoms with E-state index in [-0.39, 0.29) is 11.5 Å². The number of thiazole rings is 1. The minimum atomic E-state index is -0.115. The standard InChI is InChI=1S/C14H18N2S/c1-14(2,3)11-6-4-10(5-7-11)13(15)12-8-17-9-16-12/h4-9,13H,15H2,1-3H3. The summed E-state index contributed by atoms with van der Waals surface area (Å²) in [5.74, 6) is 0. The third kappa shape index (κ3) is 2.73. The highest BCUT2D eigenvalue weighted by Crippen LogP contribution is 2.25. The predicted molar refractivity (Wildman–Crippen MR) is 73.3 cm³/mol. The minimum absolute atomic E-state index is 0.115. The topological polar surface area (TPSA) is 38.9 Å². The van der Waals surface area contributed by atoms with E-state index in [9.17, 15) is 0 Å². The molecule has 2 N–H and O–H groups in total. The Hall–Kier alpha value is -1.19. The zero-order valence-electron chi connectivity index (χ0n) is 10.5. The third-order valence-corrected chi connectivity index (χ3v) is 3.51. The molecule has 0 aliphatic rings. The molecular formula is C14H18N2S. The molecule has 1 unspecified atom stereocenters. The molecule has 1 aromatic heterocycles. The summed E-state index contributed by atoms with van der Waals surface area (Å²) in [5.41, 5.74) is 11.5. The fourth-order valence-electron chi connectivity index (χ4n) is 1.74. The molecule has 3 heteroatoms. The molecule has 17 heavy (non-hydrogen) atoms. The fourth-order valence-corrected chi connectivity index (χ4v) is 2.33. The summed E-state index contributed by atoms with van der Waals surface area (Å²) in [6.45, 7) is 6.63. The first-order valence-electron chi connectivity index (χ1n) is 5.72. The van der Waals surface area contributed by atoms with Crippen LogP contribution < -0.4 is 5.73 Å². The molecule has 0 amide bonds. The van der Waals surface area contributed by atoms with E-state index < -0.39 is 0 Å². The summed E-state index contributed by atoms with van der Waals surface area (Å²) in [4.78, 5) is 4.26. The van der Waals surface area contributed by atoms with Crippen LogP contribution >= 0.6 is 11.3 Å². The first-order chi connectivity index (χ1) is 7.98. The molecule has 0 aliphatic carbocycles. The number of benzene rings is 1. The van der Waals surface area contributed by atoms with E-state index in [1.54, 1.807) is 11.3 Å². The van der Waals surface area contributed by atoms with E-state index in [4.69, 9.17) is 5.73 Å². The van der Waals surface area contributed by atoms with Gasteiger partial charge in [0.05, 0.1) is 17.2 Å². The van der Waals surface area contributed by atoms with E-state index in [1.165, 1.54) is 5.56 Å². The van der Waals surface area contributed by atoms with Crippen molar-refractivity contribution < 1.29 is 0 Å². The number of aromatic nitrogens is 1. The summed E-state index contributed by atoms with van der Waals surface area (Å²) in [7, 11) is 0. The summed E-state index contributed by atoms with van der Waals surface area (Å²) in [5, 5.41) is 2.00. The van der Waals surface area contributed by atoms with Crippen LogP contribution in [0.4, 0.5) is 0 Å². The van der Waals surface area contributed by atoms with Crippen molar-refractivity contribution in [1.82, 2.24) is 4.98 Å². The summed E-state index contributed by atoms with van der Waals surface area (Å²) < 4.78 is 0. The lowest BCUT2D eigenvalue weighted by Crippen LogP contribution is -2.14. The van der Waals surface area contributed by atoms with Crippen molar-refractivity contribution in [3.05, 3.63) is 52.0 Å². The van der Waals surface area contributed by atoms with Crippen LogP contribution in [0.3, 0.4) is 0 Å². The Morgan fingerprint density at radius 3 is 2.29 bits per heavy atom. The average molecular weight is 246 g/mol. The fraction of sp³-hybridized carbons (Fsp3) is 0.357. The molecule has 0 saturated carbocycles. The second kappa shape index (κ2) is 4.59. The van der Waals surface area contributed by atoms with Gasteiger partial charge in [-0.25, -0.2) is 4.98 Å². The first-order valence-corrected chi connectivity index (χ1v) is 6.67. The highest BCUT2D eigenvalue weighted by Gasteiger charge is 2.15. The van der Waals surface area contributed by atoms with Crippen LogP contribution in [0, 0.1) is 0 Å². The highest BCUT2D eigenvalue weighted by molar-refractivity contribution is 7.07. The summed E-state index contributed by atoms with van der Waals surface area (Å²) >= 11 is 1.58. The normalized spacial score (nSPS) is 13.6. The van der Waals surface area contributed by atoms with Gasteiger partial charge in [-0.2, -0.15) is 0 Å². The molecule has 1 atom stereocenters. The van der Waals surface area contributed by atoms with Crippen molar-refractivity contribution in [3.8, 4) is 0 Å². The number of nitrogens with zero attached hydrogens (tertiary/aromatic N) is 1. The third-order valence-electron chi connectivity index (χ3n) is 2.91. The molecule has 0 radical (unpaired) electrons. The molecule has 0 fully saturated rings. The van der Waals surface area contributed by atoms with Gasteiger partial charge in [-0.05, 0) is 16.5 Å². The summed E-state index contributed by atoms with van der Waals surface area (Å²) in [6, 6.07) is 8.40. The molecule has 0 bridgehead atoms. The zero-order chi connectivity index (χ0) is 12.5. The molecule has 0 saturated heterocycles. The molecule has 2 rings (SSSR count). The van der Waals surface area contributed by atoms with Crippen LogP contribution in [0.1, 0.15) is 43.6 Å². The Balaban J connectivity index is 2.24. The smallest absolute Gasteiger partial charge is 0.0795 e. The Bertz CT molecular complexity index is 466. The van der Waals surface area contributed by atoms with E-state index in [2.05, 4.69) is 50.0 Å². The predicted octanol–water partition coefficient (Wildman–Crippen LogP) is 3.49. The van der Waals surface area contributed by atoms with Gasteiger partial charge >= 0.3 is 0 Å². The van der Waals surface area contributed by atoms with Crippen molar-refractivity contribution in [1.29, 1.82) is 0 Å². The monoisotopic (exact) mass is 246 g/mol. The molecule has 0 spiro atoms. The van der Waals surface area contributed by atoms with Crippen molar-refractivity contribution >= 4 is 11.3 Å². The maximum Gasteiger partial charge on any atom is 0.0795 e. The molecule has 1 heterocycles. The lowest BCUT2D eigenvalue weighted by molar-refractivity contribution is 0.589. The van der Waals surface area contributed by atoms with Gasteiger partial charge in [-0.1, -0.05) is 45.0 Å². The number of nitrogens with two attached hydrogens (primary N) is 1. The van der Waals surface area contributed by atoms with Crippen molar-refractivity contribution in [2.75, 3.05) is 0 Å². The zero-order valence-corrected chi connectivity index (χ0v) is 11.3. The Labute approximate surface area is 107 Å². The van der Waals surface area contributed by atoms with Gasteiger partial charge in [0.25, 0.3) is 0 Å². The van der Waals surface area contributed by atoms with Crippen molar-refractivity contribution in [2.45, 2.75) is 32.2 Å². The van der Waals surface area contributed by atoms with Crippen LogP contribution in [0.2, 0.25) is 0 Å². The van der Waals surface area contributed by atoms with Gasteiger partial charge in [0.1, 0.15) is 0 Å². The molecule has 1 aromatic carbocycles. The van der Waals surface area contributed by atoms with E-state index in [1.807, 2.05) is 10.9 Å². The SMILES string of the molecule is CC(C)(C)c1ccc(C(N)c2cscn2)cc1. The van der Waals surface area contributed by atoms with Gasteiger partial charge in [0, 0.05) is 5.38 Å². The molecule has 0 aliphatic heterocycles. The number of rotatable bonds is 2. The number of hydrogen-bond donors (Lipinski definition) is 1. The van der Waals surface area contributed by atoms with Gasteiger partial charge in [0.15, 0.2) is 0 Å². The maximum atomic E-state index is 6.16. The lowest BCUT2D eigenvalue weighted by Gasteiger charge is -2.20. The van der Waals surface area contributed by atoms with Crippen molar-refractivity contribution in [2.24, 2.45) is 5.73 Å². The van der Waals surface area contributed by atoms with Crippen molar-refractivity contribution in [3.63, 3.8) is 0 Å². The Kier molecular flexibility index (Phi) is 3.31. The van der Waals surface area contributed by atoms with E-state index in [0.717, 1.165) is 11.3 Å². The van der Waals surface area contributed by atoms with Gasteiger partial charge in [0.2, 0.25) is 0 Å². The largest absolute Gasteiger partial charge is 0.319 e. The second-order valence-electron chi connectivity index (χ2n) is 5.26. The van der Waals surface area contributed by atoms with Gasteiger partial charge in [-0.15, -0.1) is 11.3 Å². The second-order valence-corrected chi connectivity index (χ2v) is 5.98. The first kappa shape index (κ1) is 12.3. The Morgan fingerprint density at radius 1 is 1.18 bits per heavy atom. The molecule has 2 nitrogen and oxygen atoms in total. The van der Waals surface area contributed by atoms with Crippen LogP contribution in [0.25, 0.3) is 0 Å². The van der Waals surface area contributed by atoms with Gasteiger partial charge in [-0.3, -0.25) is 0 Å². The van der Waals surface area contributed by atoms with Crippen LogP contribution in [-0.2, 0) is 5.41 Å². The lowest BCUT2D eigenvalue weighted by atomic mass is 9.86. The summed E-state index contributed by atoms with van der Waals surface area (Å²) in [6.07, 6.45) is 0. The average Bonchev–Trinajstić information content (AvgIpc) is 2.80. The number of hydrogen-bond acceptors (Lipinski definition) is 3. The highest BCUT2D eigenvalue weighted by atomic mass is 32.1. The molecule has 2 aromatic rings. The molecular weight excluding hydrogens is 228 g/mol.